The molecule has 1 heterocycles. The summed E-state index contributed by atoms with van der Waals surface area (Å²) in [5.74, 6) is -2.59. The van der Waals surface area contributed by atoms with Crippen LogP contribution in [0.3, 0.4) is 0 Å². The number of rotatable bonds is 7. The maximum Gasteiger partial charge on any atom is 0.435 e. The molecule has 1 aliphatic heterocycles. The van der Waals surface area contributed by atoms with Crippen LogP contribution in [-0.2, 0) is 29.8 Å². The van der Waals surface area contributed by atoms with Crippen molar-refractivity contribution in [1.82, 2.24) is 4.90 Å². The summed E-state index contributed by atoms with van der Waals surface area (Å²) in [7, 11) is -4.53. The highest BCUT2D eigenvalue weighted by atomic mass is 32.2. The summed E-state index contributed by atoms with van der Waals surface area (Å²) >= 11 is 0. The zero-order chi connectivity index (χ0) is 35.3. The molecule has 1 aliphatic carbocycles. The van der Waals surface area contributed by atoms with Crippen molar-refractivity contribution < 1.29 is 53.8 Å². The minimum Gasteiger partial charge on any atom is -0.481 e. The molecule has 258 valence electrons. The number of hydrogen-bond donors (Lipinski definition) is 1. The van der Waals surface area contributed by atoms with E-state index in [0.717, 1.165) is 17.7 Å². The van der Waals surface area contributed by atoms with E-state index in [4.69, 9.17) is 0 Å². The smallest absolute Gasteiger partial charge is 0.435 e. The lowest BCUT2D eigenvalue weighted by Crippen LogP contribution is -2.50. The molecular formula is C34H32F7NO5S. The van der Waals surface area contributed by atoms with Gasteiger partial charge in [-0.25, -0.2) is 12.8 Å². The van der Waals surface area contributed by atoms with E-state index < -0.39 is 68.4 Å². The molecule has 3 aromatic carbocycles. The zero-order valence-electron chi connectivity index (χ0n) is 25.6. The number of aryl methyl sites for hydroxylation is 1. The van der Waals surface area contributed by atoms with E-state index in [1.807, 2.05) is 19.1 Å². The van der Waals surface area contributed by atoms with E-state index in [1.165, 1.54) is 23.1 Å². The normalized spacial score (nSPS) is 22.5. The van der Waals surface area contributed by atoms with Crippen LogP contribution < -0.4 is 0 Å². The number of carbonyl (C=O) groups is 2. The number of halogens is 7. The van der Waals surface area contributed by atoms with Crippen molar-refractivity contribution in [2.75, 3.05) is 13.1 Å². The second-order valence-corrected chi connectivity index (χ2v) is 14.8. The Kier molecular flexibility index (Phi) is 9.21. The number of amides is 1. The molecule has 1 amide bonds. The third-order valence-electron chi connectivity index (χ3n) is 9.57. The van der Waals surface area contributed by atoms with Gasteiger partial charge in [0.05, 0.1) is 10.8 Å². The number of nitrogens with zero attached hydrogens (tertiary/aromatic N) is 1. The third-order valence-corrected chi connectivity index (χ3v) is 12.0. The van der Waals surface area contributed by atoms with Crippen LogP contribution in [0.5, 0.6) is 0 Å². The monoisotopic (exact) mass is 699 g/mol. The number of benzene rings is 3. The van der Waals surface area contributed by atoms with Gasteiger partial charge in [0.1, 0.15) is 4.75 Å². The van der Waals surface area contributed by atoms with Crippen molar-refractivity contribution in [3.8, 4) is 11.1 Å². The molecule has 0 spiro atoms. The van der Waals surface area contributed by atoms with Crippen LogP contribution in [0, 0.1) is 18.8 Å². The third kappa shape index (κ3) is 6.07. The maximum atomic E-state index is 14.9. The van der Waals surface area contributed by atoms with Crippen molar-refractivity contribution in [1.29, 1.82) is 0 Å². The summed E-state index contributed by atoms with van der Waals surface area (Å²) in [6.45, 7) is 1.28. The maximum absolute atomic E-state index is 14.9. The fourth-order valence-electron chi connectivity index (χ4n) is 6.81. The largest absolute Gasteiger partial charge is 0.481 e. The van der Waals surface area contributed by atoms with Crippen LogP contribution >= 0.6 is 0 Å². The van der Waals surface area contributed by atoms with Crippen molar-refractivity contribution in [2.45, 2.75) is 66.7 Å². The summed E-state index contributed by atoms with van der Waals surface area (Å²) in [5.41, 5.74) is -5.54. The lowest BCUT2D eigenvalue weighted by Gasteiger charge is -2.33. The number of aliphatic carboxylic acids is 1. The summed E-state index contributed by atoms with van der Waals surface area (Å²) in [4.78, 5) is 26.1. The highest BCUT2D eigenvalue weighted by Crippen LogP contribution is 2.54. The first-order valence-electron chi connectivity index (χ1n) is 15.2. The van der Waals surface area contributed by atoms with E-state index in [-0.39, 0.29) is 61.2 Å². The quantitative estimate of drug-likeness (QED) is 0.255. The van der Waals surface area contributed by atoms with Gasteiger partial charge in [-0.1, -0.05) is 66.2 Å². The first-order chi connectivity index (χ1) is 22.3. The van der Waals surface area contributed by atoms with Crippen molar-refractivity contribution in [3.05, 3.63) is 89.5 Å². The molecule has 0 radical (unpaired) electrons. The highest BCUT2D eigenvalue weighted by Gasteiger charge is 2.73. The first kappa shape index (κ1) is 35.4. The standard InChI is InChI=1S/C34H32F7NO5S/c1-21-4-2-5-24(18-21)25-6-3-7-28(19-25)48(46,47)31(16-17-42(20-31)29(43)22-8-10-23(11-9-22)30(44)45)26-12-14-27(15-13-26)32(35,33(36,37)38)34(39,40)41/h2-7,12-15,18-19,22-23H,8-11,16-17,20H2,1H3,(H,44,45)/t22-,23-,31?. The predicted octanol–water partition coefficient (Wildman–Crippen LogP) is 7.74. The van der Waals surface area contributed by atoms with Crippen LogP contribution in [0.1, 0.15) is 48.8 Å². The molecular weight excluding hydrogens is 667 g/mol. The van der Waals surface area contributed by atoms with Crippen LogP contribution in [0.2, 0.25) is 0 Å². The van der Waals surface area contributed by atoms with Crippen LogP contribution in [0.15, 0.2) is 77.7 Å². The number of carboxylic acids is 1. The van der Waals surface area contributed by atoms with Crippen molar-refractivity contribution >= 4 is 21.7 Å². The van der Waals surface area contributed by atoms with Gasteiger partial charge in [-0.2, -0.15) is 26.3 Å². The van der Waals surface area contributed by atoms with Gasteiger partial charge in [0.15, 0.2) is 9.84 Å². The molecule has 48 heavy (non-hydrogen) atoms. The number of alkyl halides is 7. The van der Waals surface area contributed by atoms with E-state index in [1.54, 1.807) is 18.2 Å². The Morgan fingerprint density at radius 2 is 1.33 bits per heavy atom. The molecule has 5 rings (SSSR count). The molecule has 2 aliphatic rings. The van der Waals surface area contributed by atoms with Gasteiger partial charge in [0.25, 0.3) is 0 Å². The highest BCUT2D eigenvalue weighted by molar-refractivity contribution is 7.92. The Hall–Kier alpha value is -3.94. The Balaban J connectivity index is 1.58. The molecule has 0 aromatic heterocycles. The van der Waals surface area contributed by atoms with Gasteiger partial charge in [-0.15, -0.1) is 0 Å². The Bertz CT molecular complexity index is 1790. The van der Waals surface area contributed by atoms with Gasteiger partial charge in [0, 0.05) is 24.6 Å². The molecule has 0 bridgehead atoms. The van der Waals surface area contributed by atoms with Crippen LogP contribution in [0.25, 0.3) is 11.1 Å². The van der Waals surface area contributed by atoms with Gasteiger partial charge in [-0.3, -0.25) is 9.59 Å². The number of carbonyl (C=O) groups excluding carboxylic acids is 1. The summed E-state index contributed by atoms with van der Waals surface area (Å²) in [5, 5.41) is 9.32. The number of sulfone groups is 1. The van der Waals surface area contributed by atoms with E-state index >= 15 is 0 Å². The molecule has 2 fully saturated rings. The second kappa shape index (κ2) is 12.5. The van der Waals surface area contributed by atoms with Gasteiger partial charge in [0.2, 0.25) is 5.91 Å². The predicted molar refractivity (Wildman–Crippen MR) is 161 cm³/mol. The Labute approximate surface area is 272 Å². The van der Waals surface area contributed by atoms with Gasteiger partial charge >= 0.3 is 24.0 Å². The van der Waals surface area contributed by atoms with Gasteiger partial charge in [-0.05, 0) is 67.9 Å². The second-order valence-electron chi connectivity index (χ2n) is 12.5. The first-order valence-corrected chi connectivity index (χ1v) is 16.7. The lowest BCUT2D eigenvalue weighted by atomic mass is 9.81. The molecule has 1 saturated carbocycles. The summed E-state index contributed by atoms with van der Waals surface area (Å²) < 4.78 is 123. The molecule has 1 atom stereocenters. The molecule has 3 aromatic rings. The molecule has 6 nitrogen and oxygen atoms in total. The SMILES string of the molecule is Cc1cccc(-c2cccc(S(=O)(=O)C3(c4ccc(C(F)(C(F)(F)F)C(F)(F)F)cc4)CCN(C(=O)[C@H]4CC[C@H](C(=O)O)CC4)C3)c2)c1. The number of hydrogen-bond acceptors (Lipinski definition) is 4. The van der Waals surface area contributed by atoms with E-state index in [9.17, 15) is 53.8 Å². The molecule has 1 saturated heterocycles. The van der Waals surface area contributed by atoms with Crippen molar-refractivity contribution in [2.24, 2.45) is 11.8 Å². The van der Waals surface area contributed by atoms with E-state index in [0.29, 0.717) is 11.1 Å². The Morgan fingerprint density at radius 1 is 0.792 bits per heavy atom. The van der Waals surface area contributed by atoms with Crippen LogP contribution in [0.4, 0.5) is 30.7 Å². The van der Waals surface area contributed by atoms with Gasteiger partial charge < -0.3 is 10.0 Å². The fraction of sp³-hybridized carbons (Fsp3) is 0.412. The Morgan fingerprint density at radius 3 is 1.88 bits per heavy atom. The fourth-order valence-corrected chi connectivity index (χ4v) is 8.93. The lowest BCUT2D eigenvalue weighted by molar-refractivity contribution is -0.348. The number of carboxylic acid groups (broad SMARTS) is 1. The molecule has 1 N–H and O–H groups in total. The van der Waals surface area contributed by atoms with E-state index in [2.05, 4.69) is 0 Å². The zero-order valence-corrected chi connectivity index (χ0v) is 26.4. The number of likely N-dealkylation sites (tertiary alicyclic amines) is 1. The average Bonchev–Trinajstić information content (AvgIpc) is 3.51. The van der Waals surface area contributed by atoms with Crippen molar-refractivity contribution in [3.63, 3.8) is 0 Å². The summed E-state index contributed by atoms with van der Waals surface area (Å²) in [6, 6.07) is 15.2. The van der Waals surface area contributed by atoms with Crippen LogP contribution in [-0.4, -0.2) is 55.7 Å². The summed E-state index contributed by atoms with van der Waals surface area (Å²) in [6.07, 6.45) is -12.0. The topological polar surface area (TPSA) is 91.8 Å². The molecule has 14 heteroatoms. The average molecular weight is 700 g/mol. The minimum atomic E-state index is -6.36. The minimum absolute atomic E-state index is 0.103. The molecule has 1 unspecified atom stereocenters.